The first-order valence-electron chi connectivity index (χ1n) is 5.34. The summed E-state index contributed by atoms with van der Waals surface area (Å²) in [7, 11) is 0. The average Bonchev–Trinajstić information content (AvgIpc) is 2.53. The Balaban J connectivity index is 2.50. The largest absolute Gasteiger partial charge is 0.465 e. The molecule has 0 spiro atoms. The molecular weight excluding hydrogens is 272 g/mol. The second-order valence-corrected chi connectivity index (χ2v) is 6.36. The zero-order valence-corrected chi connectivity index (χ0v) is 11.6. The smallest absolute Gasteiger partial charge is 0.154 e. The van der Waals surface area contributed by atoms with E-state index in [2.05, 4.69) is 15.9 Å². The first-order chi connectivity index (χ1) is 7.18. The number of hydrogen-bond acceptors (Lipinski definition) is 3. The minimum Gasteiger partial charge on any atom is -0.465 e. The summed E-state index contributed by atoms with van der Waals surface area (Å²) in [5.41, 5.74) is -2.12. The Bertz CT molecular complexity index is 408. The van der Waals surface area contributed by atoms with Crippen molar-refractivity contribution in [3.63, 3.8) is 0 Å². The fourth-order valence-electron chi connectivity index (χ4n) is 2.58. The van der Waals surface area contributed by atoms with E-state index in [0.717, 1.165) is 4.47 Å². The van der Waals surface area contributed by atoms with Gasteiger partial charge in [0.2, 0.25) is 0 Å². The van der Waals surface area contributed by atoms with Crippen molar-refractivity contribution in [3.05, 3.63) is 22.6 Å². The topological polar surface area (TPSA) is 42.6 Å². The fraction of sp³-hybridized carbons (Fsp3) is 0.667. The van der Waals surface area contributed by atoms with Crippen LogP contribution in [0.1, 0.15) is 39.9 Å². The molecule has 3 nitrogen and oxygen atoms in total. The molecule has 0 amide bonds. The van der Waals surface area contributed by atoms with E-state index in [4.69, 9.17) is 9.15 Å². The van der Waals surface area contributed by atoms with E-state index in [-0.39, 0.29) is 5.60 Å². The summed E-state index contributed by atoms with van der Waals surface area (Å²) in [6.07, 6.45) is 2.08. The summed E-state index contributed by atoms with van der Waals surface area (Å²) in [5, 5.41) is 10.8. The van der Waals surface area contributed by atoms with E-state index in [1.54, 1.807) is 12.3 Å². The molecule has 16 heavy (non-hydrogen) atoms. The lowest BCUT2D eigenvalue weighted by Crippen LogP contribution is -2.43. The molecule has 4 heteroatoms. The van der Waals surface area contributed by atoms with E-state index in [0.29, 0.717) is 12.2 Å². The van der Waals surface area contributed by atoms with Gasteiger partial charge >= 0.3 is 0 Å². The van der Waals surface area contributed by atoms with Gasteiger partial charge in [-0.05, 0) is 49.7 Å². The molecule has 1 unspecified atom stereocenters. The molecule has 1 atom stereocenters. The predicted octanol–water partition coefficient (Wildman–Crippen LogP) is 3.21. The monoisotopic (exact) mass is 288 g/mol. The Morgan fingerprint density at radius 3 is 2.31 bits per heavy atom. The Kier molecular flexibility index (Phi) is 2.54. The molecule has 0 radical (unpaired) electrons. The fourth-order valence-corrected chi connectivity index (χ4v) is 3.11. The second kappa shape index (κ2) is 3.34. The third-order valence-corrected chi connectivity index (χ3v) is 3.83. The molecule has 2 rings (SSSR count). The Hall–Kier alpha value is -0.320. The lowest BCUT2D eigenvalue weighted by atomic mass is 9.80. The maximum absolute atomic E-state index is 10.8. The molecule has 90 valence electrons. The van der Waals surface area contributed by atoms with E-state index >= 15 is 0 Å². The van der Waals surface area contributed by atoms with Crippen molar-refractivity contribution in [1.82, 2.24) is 0 Å². The number of aliphatic hydroxyl groups is 1. The second-order valence-electron chi connectivity index (χ2n) is 5.51. The third-order valence-electron chi connectivity index (χ3n) is 3.20. The standard InChI is InChI=1S/C12H17BrO3/c1-10(2)7-12(14,11(3,4)16-10)9-8(13)5-6-15-9/h5-6,14H,7H2,1-4H3. The Morgan fingerprint density at radius 1 is 1.31 bits per heavy atom. The van der Waals surface area contributed by atoms with Crippen molar-refractivity contribution < 1.29 is 14.3 Å². The molecule has 0 aromatic carbocycles. The van der Waals surface area contributed by atoms with Crippen LogP contribution in [-0.2, 0) is 10.3 Å². The molecule has 0 bridgehead atoms. The van der Waals surface area contributed by atoms with E-state index in [1.165, 1.54) is 0 Å². The lowest BCUT2D eigenvalue weighted by molar-refractivity contribution is -0.136. The van der Waals surface area contributed by atoms with Gasteiger partial charge in [-0.3, -0.25) is 0 Å². The molecule has 0 saturated carbocycles. The van der Waals surface area contributed by atoms with Crippen LogP contribution in [0.5, 0.6) is 0 Å². The van der Waals surface area contributed by atoms with Crippen LogP contribution < -0.4 is 0 Å². The van der Waals surface area contributed by atoms with E-state index < -0.39 is 11.2 Å². The number of halogens is 1. The highest BCUT2D eigenvalue weighted by molar-refractivity contribution is 9.10. The van der Waals surface area contributed by atoms with Gasteiger partial charge in [0.15, 0.2) is 11.4 Å². The Morgan fingerprint density at radius 2 is 1.94 bits per heavy atom. The summed E-state index contributed by atoms with van der Waals surface area (Å²) in [4.78, 5) is 0. The first-order valence-corrected chi connectivity index (χ1v) is 6.13. The van der Waals surface area contributed by atoms with Gasteiger partial charge < -0.3 is 14.3 Å². The quantitative estimate of drug-likeness (QED) is 0.863. The van der Waals surface area contributed by atoms with Crippen LogP contribution in [0.2, 0.25) is 0 Å². The molecule has 0 aliphatic carbocycles. The van der Waals surface area contributed by atoms with Crippen molar-refractivity contribution in [2.45, 2.75) is 50.9 Å². The first kappa shape index (κ1) is 12.1. The van der Waals surface area contributed by atoms with Crippen molar-refractivity contribution in [1.29, 1.82) is 0 Å². The Labute approximate surface area is 104 Å². The number of furan rings is 1. The summed E-state index contributed by atoms with van der Waals surface area (Å²) in [6.45, 7) is 7.72. The summed E-state index contributed by atoms with van der Waals surface area (Å²) in [6, 6.07) is 1.79. The highest BCUT2D eigenvalue weighted by atomic mass is 79.9. The van der Waals surface area contributed by atoms with Gasteiger partial charge in [0.1, 0.15) is 0 Å². The van der Waals surface area contributed by atoms with Crippen LogP contribution in [-0.4, -0.2) is 16.3 Å². The van der Waals surface area contributed by atoms with E-state index in [1.807, 2.05) is 27.7 Å². The van der Waals surface area contributed by atoms with Crippen LogP contribution in [0.25, 0.3) is 0 Å². The molecule has 1 aliphatic heterocycles. The highest BCUT2D eigenvalue weighted by Crippen LogP contribution is 2.52. The van der Waals surface area contributed by atoms with Gasteiger partial charge in [-0.1, -0.05) is 0 Å². The van der Waals surface area contributed by atoms with Crippen LogP contribution in [0.15, 0.2) is 21.2 Å². The summed E-state index contributed by atoms with van der Waals surface area (Å²) in [5.74, 6) is 0.545. The van der Waals surface area contributed by atoms with Crippen molar-refractivity contribution >= 4 is 15.9 Å². The van der Waals surface area contributed by atoms with Crippen LogP contribution in [0.4, 0.5) is 0 Å². The lowest BCUT2D eigenvalue weighted by Gasteiger charge is -2.33. The van der Waals surface area contributed by atoms with Gasteiger partial charge in [-0.2, -0.15) is 0 Å². The third kappa shape index (κ3) is 1.63. The zero-order valence-electron chi connectivity index (χ0n) is 10.0. The predicted molar refractivity (Wildman–Crippen MR) is 64.2 cm³/mol. The van der Waals surface area contributed by atoms with Crippen molar-refractivity contribution in [3.8, 4) is 0 Å². The van der Waals surface area contributed by atoms with E-state index in [9.17, 15) is 5.11 Å². The molecule has 1 N–H and O–H groups in total. The minimum atomic E-state index is -1.10. The molecule has 2 heterocycles. The molecule has 1 aliphatic rings. The van der Waals surface area contributed by atoms with Gasteiger partial charge in [0, 0.05) is 6.42 Å². The number of rotatable bonds is 1. The molecule has 1 saturated heterocycles. The molecule has 1 aromatic heterocycles. The molecular formula is C12H17BrO3. The van der Waals surface area contributed by atoms with Gasteiger partial charge in [0.25, 0.3) is 0 Å². The zero-order chi connectivity index (χ0) is 12.2. The number of ether oxygens (including phenoxy) is 1. The van der Waals surface area contributed by atoms with Gasteiger partial charge in [0.05, 0.1) is 21.9 Å². The van der Waals surface area contributed by atoms with Gasteiger partial charge in [-0.15, -0.1) is 0 Å². The highest BCUT2D eigenvalue weighted by Gasteiger charge is 2.59. The normalized spacial score (nSPS) is 31.9. The van der Waals surface area contributed by atoms with Crippen LogP contribution in [0, 0.1) is 0 Å². The molecule has 1 aromatic rings. The summed E-state index contributed by atoms with van der Waals surface area (Å²) >= 11 is 3.39. The minimum absolute atomic E-state index is 0.357. The maximum Gasteiger partial charge on any atom is 0.154 e. The number of hydrogen-bond donors (Lipinski definition) is 1. The summed E-state index contributed by atoms with van der Waals surface area (Å²) < 4.78 is 12.1. The molecule has 1 fully saturated rings. The van der Waals surface area contributed by atoms with Gasteiger partial charge in [-0.25, -0.2) is 0 Å². The maximum atomic E-state index is 10.8. The average molecular weight is 289 g/mol. The van der Waals surface area contributed by atoms with Crippen molar-refractivity contribution in [2.24, 2.45) is 0 Å². The van der Waals surface area contributed by atoms with Crippen LogP contribution >= 0.6 is 15.9 Å². The van der Waals surface area contributed by atoms with Crippen LogP contribution in [0.3, 0.4) is 0 Å². The van der Waals surface area contributed by atoms with Crippen molar-refractivity contribution in [2.75, 3.05) is 0 Å². The SMILES string of the molecule is CC1(C)CC(O)(c2occc2Br)C(C)(C)O1.